The first kappa shape index (κ1) is 23.7. The predicted octanol–water partition coefficient (Wildman–Crippen LogP) is 3.62. The molecule has 0 unspecified atom stereocenters. The topological polar surface area (TPSA) is 143 Å². The number of nitro benzene ring substituents is 1. The number of hydrogen-bond donors (Lipinski definition) is 4. The van der Waals surface area contributed by atoms with Gasteiger partial charge in [-0.05, 0) is 59.5 Å². The Balaban J connectivity index is 1.60. The first-order valence-electron chi connectivity index (χ1n) is 11.0. The highest BCUT2D eigenvalue weighted by atomic mass is 16.6. The number of rotatable bonds is 8. The maximum atomic E-state index is 12.9. The zero-order valence-electron chi connectivity index (χ0n) is 19.0. The smallest absolute Gasteiger partial charge is 0.310 e. The average Bonchev–Trinajstić information content (AvgIpc) is 2.98. The molecule has 10 heteroatoms. The van der Waals surface area contributed by atoms with Crippen molar-refractivity contribution in [3.63, 3.8) is 0 Å². The Morgan fingerprint density at radius 2 is 1.80 bits per heavy atom. The largest absolute Gasteiger partial charge is 0.490 e. The van der Waals surface area contributed by atoms with Gasteiger partial charge in [0, 0.05) is 19.2 Å². The number of nitrogens with one attached hydrogen (secondary N) is 3. The summed E-state index contributed by atoms with van der Waals surface area (Å²) in [6.07, 6.45) is 0.635. The maximum Gasteiger partial charge on any atom is 0.310 e. The minimum atomic E-state index is -0.504. The van der Waals surface area contributed by atoms with Gasteiger partial charge in [0.2, 0.25) is 5.91 Å². The number of aliphatic hydroxyl groups is 1. The summed E-state index contributed by atoms with van der Waals surface area (Å²) >= 11 is 0. The molecule has 0 bridgehead atoms. The quantitative estimate of drug-likeness (QED) is 0.221. The van der Waals surface area contributed by atoms with Gasteiger partial charge in [0.15, 0.2) is 5.75 Å². The van der Waals surface area contributed by atoms with Gasteiger partial charge < -0.3 is 25.8 Å². The van der Waals surface area contributed by atoms with E-state index in [2.05, 4.69) is 16.0 Å². The van der Waals surface area contributed by atoms with Gasteiger partial charge in [0.1, 0.15) is 0 Å². The first-order valence-corrected chi connectivity index (χ1v) is 11.0. The predicted molar refractivity (Wildman–Crippen MR) is 131 cm³/mol. The molecular formula is C25H24N4O6. The molecule has 0 aliphatic carbocycles. The average molecular weight is 476 g/mol. The van der Waals surface area contributed by atoms with Crippen LogP contribution in [0.1, 0.15) is 22.3 Å². The molecule has 3 aromatic rings. The molecule has 180 valence electrons. The van der Waals surface area contributed by atoms with Crippen LogP contribution in [0.2, 0.25) is 0 Å². The van der Waals surface area contributed by atoms with E-state index >= 15 is 0 Å². The lowest BCUT2D eigenvalue weighted by Gasteiger charge is -2.12. The number of hydrogen-bond acceptors (Lipinski definition) is 7. The molecule has 0 saturated carbocycles. The minimum absolute atomic E-state index is 0.0108. The van der Waals surface area contributed by atoms with E-state index in [-0.39, 0.29) is 36.3 Å². The van der Waals surface area contributed by atoms with Crippen LogP contribution in [0.25, 0.3) is 11.1 Å². The minimum Gasteiger partial charge on any atom is -0.490 e. The fourth-order valence-corrected chi connectivity index (χ4v) is 3.84. The standard InChI is InChI=1S/C25H24N4O6/c1-35-23-14-17(5-8-22(23)29(33)34)16-4-6-18-20(13-16)27-19-7-3-15(11-21(19)28-25(18)32)12-24(31)26-9-2-10-30/h3-8,11,13-14,27,30H,2,9-10,12H2,1H3,(H,26,31)(H,28,32). The molecule has 2 amide bonds. The molecule has 4 rings (SSSR count). The van der Waals surface area contributed by atoms with Gasteiger partial charge in [-0.1, -0.05) is 12.1 Å². The number of amides is 2. The lowest BCUT2D eigenvalue weighted by atomic mass is 10.0. The van der Waals surface area contributed by atoms with Crippen LogP contribution in [-0.4, -0.2) is 42.1 Å². The Labute approximate surface area is 201 Å². The molecule has 35 heavy (non-hydrogen) atoms. The Hall–Kier alpha value is -4.44. The van der Waals surface area contributed by atoms with Gasteiger partial charge >= 0.3 is 5.69 Å². The zero-order chi connectivity index (χ0) is 24.9. The third-order valence-corrected chi connectivity index (χ3v) is 5.60. The van der Waals surface area contributed by atoms with Gasteiger partial charge in [-0.15, -0.1) is 0 Å². The summed E-state index contributed by atoms with van der Waals surface area (Å²) in [5.41, 5.74) is 4.27. The fourth-order valence-electron chi connectivity index (χ4n) is 3.84. The molecule has 0 spiro atoms. The second kappa shape index (κ2) is 10.2. The number of nitrogens with zero attached hydrogens (tertiary/aromatic N) is 1. The molecule has 1 heterocycles. The van der Waals surface area contributed by atoms with E-state index in [1.165, 1.54) is 13.2 Å². The van der Waals surface area contributed by atoms with Crippen molar-refractivity contribution >= 4 is 34.6 Å². The summed E-state index contributed by atoms with van der Waals surface area (Å²) < 4.78 is 5.17. The summed E-state index contributed by atoms with van der Waals surface area (Å²) in [4.78, 5) is 35.7. The lowest BCUT2D eigenvalue weighted by molar-refractivity contribution is -0.385. The van der Waals surface area contributed by atoms with Crippen molar-refractivity contribution in [3.05, 3.63) is 75.8 Å². The van der Waals surface area contributed by atoms with Crippen molar-refractivity contribution in [2.45, 2.75) is 12.8 Å². The van der Waals surface area contributed by atoms with Crippen molar-refractivity contribution < 1.29 is 24.4 Å². The highest BCUT2D eigenvalue weighted by molar-refractivity contribution is 6.12. The van der Waals surface area contributed by atoms with Gasteiger partial charge in [-0.3, -0.25) is 19.7 Å². The number of aliphatic hydroxyl groups excluding tert-OH is 1. The van der Waals surface area contributed by atoms with Gasteiger partial charge in [-0.25, -0.2) is 0 Å². The van der Waals surface area contributed by atoms with Gasteiger partial charge in [-0.2, -0.15) is 0 Å². The van der Waals surface area contributed by atoms with Crippen molar-refractivity contribution in [2.24, 2.45) is 0 Å². The molecule has 1 aliphatic heterocycles. The van der Waals surface area contributed by atoms with Crippen molar-refractivity contribution in [1.82, 2.24) is 5.32 Å². The van der Waals surface area contributed by atoms with E-state index in [1.807, 2.05) is 0 Å². The van der Waals surface area contributed by atoms with Crippen LogP contribution in [-0.2, 0) is 11.2 Å². The molecule has 10 nitrogen and oxygen atoms in total. The highest BCUT2D eigenvalue weighted by Crippen LogP contribution is 2.37. The third-order valence-electron chi connectivity index (χ3n) is 5.60. The Kier molecular flexibility index (Phi) is 6.93. The number of methoxy groups -OCH3 is 1. The van der Waals surface area contributed by atoms with E-state index < -0.39 is 4.92 Å². The molecule has 4 N–H and O–H groups in total. The number of carbonyl (C=O) groups is 2. The van der Waals surface area contributed by atoms with Gasteiger partial charge in [0.25, 0.3) is 5.91 Å². The van der Waals surface area contributed by atoms with Crippen LogP contribution >= 0.6 is 0 Å². The molecule has 3 aromatic carbocycles. The van der Waals surface area contributed by atoms with Crippen molar-refractivity contribution in [2.75, 3.05) is 30.9 Å². The van der Waals surface area contributed by atoms with E-state index in [9.17, 15) is 19.7 Å². The SMILES string of the molecule is COc1cc(-c2ccc3c(c2)Nc2ccc(CC(=O)NCCCO)cc2NC3=O)ccc1[N+](=O)[O-]. The van der Waals surface area contributed by atoms with Crippen LogP contribution < -0.4 is 20.7 Å². The van der Waals surface area contributed by atoms with Gasteiger partial charge in [0.05, 0.1) is 41.1 Å². The summed E-state index contributed by atoms with van der Waals surface area (Å²) in [6, 6.07) is 15.2. The number of fused-ring (bicyclic) bond motifs is 2. The Morgan fingerprint density at radius 1 is 1.03 bits per heavy atom. The number of ether oxygens (including phenoxy) is 1. The fraction of sp³-hybridized carbons (Fsp3) is 0.200. The number of carbonyl (C=O) groups excluding carboxylic acids is 2. The van der Waals surface area contributed by atoms with Crippen LogP contribution in [0, 0.1) is 10.1 Å². The van der Waals surface area contributed by atoms with Crippen molar-refractivity contribution in [3.8, 4) is 16.9 Å². The monoisotopic (exact) mass is 476 g/mol. The maximum absolute atomic E-state index is 12.9. The van der Waals surface area contributed by atoms with E-state index in [1.54, 1.807) is 48.5 Å². The van der Waals surface area contributed by atoms with Crippen LogP contribution in [0.5, 0.6) is 5.75 Å². The Morgan fingerprint density at radius 3 is 2.54 bits per heavy atom. The number of nitro groups is 1. The molecule has 0 atom stereocenters. The summed E-state index contributed by atoms with van der Waals surface area (Å²) in [6.45, 7) is 0.410. The Bertz CT molecular complexity index is 1310. The second-order valence-electron chi connectivity index (χ2n) is 7.97. The normalized spacial score (nSPS) is 11.9. The van der Waals surface area contributed by atoms with Crippen molar-refractivity contribution in [1.29, 1.82) is 0 Å². The number of benzene rings is 3. The first-order chi connectivity index (χ1) is 16.9. The highest BCUT2D eigenvalue weighted by Gasteiger charge is 2.21. The summed E-state index contributed by atoms with van der Waals surface area (Å²) in [7, 11) is 1.37. The lowest BCUT2D eigenvalue weighted by Crippen LogP contribution is -2.26. The van der Waals surface area contributed by atoms with Crippen LogP contribution in [0.4, 0.5) is 22.7 Å². The van der Waals surface area contributed by atoms with Crippen LogP contribution in [0.15, 0.2) is 54.6 Å². The van der Waals surface area contributed by atoms with Crippen LogP contribution in [0.3, 0.4) is 0 Å². The van der Waals surface area contributed by atoms with E-state index in [0.29, 0.717) is 41.2 Å². The second-order valence-corrected chi connectivity index (χ2v) is 7.97. The molecule has 1 aliphatic rings. The zero-order valence-corrected chi connectivity index (χ0v) is 19.0. The third kappa shape index (κ3) is 5.22. The van der Waals surface area contributed by atoms with E-state index in [4.69, 9.17) is 9.84 Å². The molecule has 0 fully saturated rings. The molecular weight excluding hydrogens is 452 g/mol. The summed E-state index contributed by atoms with van der Waals surface area (Å²) in [5.74, 6) is -0.326. The molecule has 0 saturated heterocycles. The number of anilines is 3. The summed E-state index contributed by atoms with van der Waals surface area (Å²) in [5, 5.41) is 28.9. The molecule has 0 radical (unpaired) electrons. The molecule has 0 aromatic heterocycles. The van der Waals surface area contributed by atoms with E-state index in [0.717, 1.165) is 11.1 Å².